The molecule has 2 N–H and O–H groups in total. The Balaban J connectivity index is 2.97. The molecular formula is C12H14I3NO2. The van der Waals surface area contributed by atoms with Gasteiger partial charge in [0.05, 0.1) is 18.2 Å². The lowest BCUT2D eigenvalue weighted by molar-refractivity contribution is 0.0896. The van der Waals surface area contributed by atoms with Gasteiger partial charge in [-0.3, -0.25) is 4.79 Å². The molecule has 0 saturated heterocycles. The van der Waals surface area contributed by atoms with Crippen molar-refractivity contribution in [1.82, 2.24) is 5.32 Å². The molecule has 0 heterocycles. The van der Waals surface area contributed by atoms with Crippen LogP contribution in [0.2, 0.25) is 0 Å². The van der Waals surface area contributed by atoms with Gasteiger partial charge in [-0.15, -0.1) is 0 Å². The second-order valence-electron chi connectivity index (χ2n) is 4.26. The van der Waals surface area contributed by atoms with E-state index >= 15 is 0 Å². The zero-order chi connectivity index (χ0) is 13.9. The zero-order valence-corrected chi connectivity index (χ0v) is 16.5. The van der Waals surface area contributed by atoms with Crippen LogP contribution in [0.25, 0.3) is 0 Å². The number of halogens is 3. The highest BCUT2D eigenvalue weighted by Gasteiger charge is 2.19. The van der Waals surface area contributed by atoms with E-state index in [1.165, 1.54) is 0 Å². The fraction of sp³-hybridized carbons (Fsp3) is 0.417. The largest absolute Gasteiger partial charge is 0.394 e. The van der Waals surface area contributed by atoms with Gasteiger partial charge in [-0.2, -0.15) is 0 Å². The fourth-order valence-electron chi connectivity index (χ4n) is 1.39. The van der Waals surface area contributed by atoms with E-state index in [0.717, 1.165) is 10.7 Å². The molecule has 1 aromatic carbocycles. The number of hydrogen-bond acceptors (Lipinski definition) is 2. The van der Waals surface area contributed by atoms with Crippen LogP contribution in [0.15, 0.2) is 12.1 Å². The van der Waals surface area contributed by atoms with Gasteiger partial charge >= 0.3 is 0 Å². The highest BCUT2D eigenvalue weighted by atomic mass is 127. The molecule has 0 aliphatic heterocycles. The van der Waals surface area contributed by atoms with Crippen molar-refractivity contribution in [1.29, 1.82) is 0 Å². The number of nitrogens with one attached hydrogen (secondary N) is 1. The van der Waals surface area contributed by atoms with Crippen LogP contribution in [-0.4, -0.2) is 23.7 Å². The smallest absolute Gasteiger partial charge is 0.252 e. The molecule has 0 spiro atoms. The third-order valence-electron chi connectivity index (χ3n) is 2.56. The Morgan fingerprint density at radius 3 is 2.44 bits per heavy atom. The standard InChI is InChI=1S/C12H14I3NO2/c1-6(2)10(5-17)16-12(18)8-3-7(13)4-9(14)11(8)15/h3-4,6,10,17H,5H2,1-2H3,(H,16,18)/t10-/m1/s1. The van der Waals surface area contributed by atoms with Crippen molar-refractivity contribution < 1.29 is 9.90 Å². The second kappa shape index (κ2) is 7.58. The maximum atomic E-state index is 12.2. The van der Waals surface area contributed by atoms with E-state index in [4.69, 9.17) is 0 Å². The molecule has 1 amide bonds. The van der Waals surface area contributed by atoms with E-state index in [0.29, 0.717) is 5.56 Å². The van der Waals surface area contributed by atoms with E-state index in [2.05, 4.69) is 73.1 Å². The summed E-state index contributed by atoms with van der Waals surface area (Å²) in [6, 6.07) is 3.70. The first-order valence-corrected chi connectivity index (χ1v) is 8.66. The summed E-state index contributed by atoms with van der Waals surface area (Å²) < 4.78 is 3.05. The summed E-state index contributed by atoms with van der Waals surface area (Å²) in [6.45, 7) is 3.91. The number of aliphatic hydroxyl groups excluding tert-OH is 1. The van der Waals surface area contributed by atoms with Gasteiger partial charge in [0.1, 0.15) is 0 Å². The SMILES string of the molecule is CC(C)[C@@H](CO)NC(=O)c1cc(I)cc(I)c1I. The molecule has 0 fully saturated rings. The van der Waals surface area contributed by atoms with Crippen molar-refractivity contribution in [3.8, 4) is 0 Å². The first-order valence-electron chi connectivity index (χ1n) is 5.43. The van der Waals surface area contributed by atoms with Crippen molar-refractivity contribution in [2.45, 2.75) is 19.9 Å². The summed E-state index contributed by atoms with van der Waals surface area (Å²) in [5.41, 5.74) is 0.672. The predicted octanol–water partition coefficient (Wildman–Crippen LogP) is 3.25. The Labute approximate surface area is 148 Å². The summed E-state index contributed by atoms with van der Waals surface area (Å²) in [7, 11) is 0. The maximum Gasteiger partial charge on any atom is 0.252 e. The van der Waals surface area contributed by atoms with Crippen LogP contribution < -0.4 is 5.32 Å². The Morgan fingerprint density at radius 2 is 1.94 bits per heavy atom. The van der Waals surface area contributed by atoms with Gasteiger partial charge in [0.15, 0.2) is 0 Å². The van der Waals surface area contributed by atoms with Crippen LogP contribution in [0, 0.1) is 16.6 Å². The molecule has 0 aromatic heterocycles. The molecule has 0 aliphatic carbocycles. The summed E-state index contributed by atoms with van der Waals surface area (Å²) in [5, 5.41) is 12.1. The first-order chi connectivity index (χ1) is 8.36. The quantitative estimate of drug-likeness (QED) is 0.422. The van der Waals surface area contributed by atoms with Crippen molar-refractivity contribution in [2.24, 2.45) is 5.92 Å². The summed E-state index contributed by atoms with van der Waals surface area (Å²) in [5.74, 6) is 0.0852. The van der Waals surface area contributed by atoms with Crippen LogP contribution in [0.1, 0.15) is 24.2 Å². The predicted molar refractivity (Wildman–Crippen MR) is 97.8 cm³/mol. The molecule has 18 heavy (non-hydrogen) atoms. The molecule has 0 unspecified atom stereocenters. The van der Waals surface area contributed by atoms with Gasteiger partial charge in [-0.05, 0) is 85.8 Å². The van der Waals surface area contributed by atoms with Crippen LogP contribution in [0.3, 0.4) is 0 Å². The number of amides is 1. The molecule has 6 heteroatoms. The topological polar surface area (TPSA) is 49.3 Å². The van der Waals surface area contributed by atoms with Crippen molar-refractivity contribution in [2.75, 3.05) is 6.61 Å². The Kier molecular flexibility index (Phi) is 7.11. The second-order valence-corrected chi connectivity index (χ2v) is 7.74. The Bertz CT molecular complexity index is 449. The van der Waals surface area contributed by atoms with Gasteiger partial charge in [-0.25, -0.2) is 0 Å². The van der Waals surface area contributed by atoms with E-state index in [1.807, 2.05) is 26.0 Å². The average Bonchev–Trinajstić information content (AvgIpc) is 2.29. The van der Waals surface area contributed by atoms with Gasteiger partial charge in [0.2, 0.25) is 0 Å². The van der Waals surface area contributed by atoms with Crippen molar-refractivity contribution in [3.63, 3.8) is 0 Å². The molecule has 0 saturated carbocycles. The average molecular weight is 585 g/mol. The molecule has 3 nitrogen and oxygen atoms in total. The number of hydrogen-bond donors (Lipinski definition) is 2. The molecule has 0 bridgehead atoms. The minimum Gasteiger partial charge on any atom is -0.394 e. The minimum absolute atomic E-state index is 0.0407. The minimum atomic E-state index is -0.205. The maximum absolute atomic E-state index is 12.2. The normalized spacial score (nSPS) is 12.6. The molecule has 100 valence electrons. The summed E-state index contributed by atoms with van der Waals surface area (Å²) in [6.07, 6.45) is 0. The number of carbonyl (C=O) groups is 1. The third kappa shape index (κ3) is 4.44. The fourth-order valence-corrected chi connectivity index (χ4v) is 3.79. The van der Waals surface area contributed by atoms with E-state index < -0.39 is 0 Å². The number of aliphatic hydroxyl groups is 1. The van der Waals surface area contributed by atoms with E-state index in [-0.39, 0.29) is 24.5 Å². The van der Waals surface area contributed by atoms with Crippen LogP contribution in [-0.2, 0) is 0 Å². The lowest BCUT2D eigenvalue weighted by Gasteiger charge is -2.20. The number of benzene rings is 1. The highest BCUT2D eigenvalue weighted by molar-refractivity contribution is 14.1. The summed E-state index contributed by atoms with van der Waals surface area (Å²) in [4.78, 5) is 12.2. The summed E-state index contributed by atoms with van der Waals surface area (Å²) >= 11 is 6.60. The molecule has 1 rings (SSSR count). The zero-order valence-electron chi connectivity index (χ0n) is 10.0. The lowest BCUT2D eigenvalue weighted by atomic mass is 10.0. The van der Waals surface area contributed by atoms with Crippen LogP contribution >= 0.6 is 67.8 Å². The molecule has 0 radical (unpaired) electrons. The van der Waals surface area contributed by atoms with Gasteiger partial charge < -0.3 is 10.4 Å². The Hall–Kier alpha value is 0.840. The van der Waals surface area contributed by atoms with Crippen LogP contribution in [0.5, 0.6) is 0 Å². The third-order valence-corrected chi connectivity index (χ3v) is 6.22. The van der Waals surface area contributed by atoms with Gasteiger partial charge in [0, 0.05) is 10.7 Å². The molecule has 1 aromatic rings. The van der Waals surface area contributed by atoms with Crippen molar-refractivity contribution in [3.05, 3.63) is 28.4 Å². The molecule has 0 aliphatic rings. The van der Waals surface area contributed by atoms with Gasteiger partial charge in [-0.1, -0.05) is 13.8 Å². The number of carbonyl (C=O) groups excluding carboxylic acids is 1. The highest BCUT2D eigenvalue weighted by Crippen LogP contribution is 2.23. The monoisotopic (exact) mass is 585 g/mol. The Morgan fingerprint density at radius 1 is 1.33 bits per heavy atom. The lowest BCUT2D eigenvalue weighted by Crippen LogP contribution is -2.41. The molecule has 1 atom stereocenters. The first kappa shape index (κ1) is 16.9. The van der Waals surface area contributed by atoms with E-state index in [1.54, 1.807) is 0 Å². The van der Waals surface area contributed by atoms with Crippen LogP contribution in [0.4, 0.5) is 0 Å². The van der Waals surface area contributed by atoms with E-state index in [9.17, 15) is 9.90 Å². The van der Waals surface area contributed by atoms with Crippen molar-refractivity contribution >= 4 is 73.7 Å². The molecular weight excluding hydrogens is 571 g/mol. The number of rotatable bonds is 4. The van der Waals surface area contributed by atoms with Gasteiger partial charge in [0.25, 0.3) is 5.91 Å².